The minimum atomic E-state index is -4.90. The van der Waals surface area contributed by atoms with Crippen LogP contribution in [-0.4, -0.2) is 21.1 Å². The van der Waals surface area contributed by atoms with Gasteiger partial charge in [0.05, 0.1) is 16.4 Å². The fourth-order valence-electron chi connectivity index (χ4n) is 3.04. The van der Waals surface area contributed by atoms with E-state index in [0.29, 0.717) is 34.8 Å². The molecule has 0 spiro atoms. The van der Waals surface area contributed by atoms with E-state index in [2.05, 4.69) is 15.3 Å². The lowest BCUT2D eigenvalue weighted by Gasteiger charge is -2.14. The van der Waals surface area contributed by atoms with Gasteiger partial charge in [0.1, 0.15) is 11.2 Å². The minimum Gasteiger partial charge on any atom is -0.383 e. The van der Waals surface area contributed by atoms with E-state index < -0.39 is 29.5 Å². The van der Waals surface area contributed by atoms with Crippen molar-refractivity contribution < 1.29 is 26.3 Å². The normalized spacial score (nSPS) is 14.5. The van der Waals surface area contributed by atoms with Crippen LogP contribution in [-0.2, 0) is 18.8 Å². The molecule has 0 fully saturated rings. The smallest absolute Gasteiger partial charge is 0.383 e. The maximum Gasteiger partial charge on any atom is 0.450 e. The topological polar surface area (TPSA) is 42.7 Å². The van der Waals surface area contributed by atoms with Gasteiger partial charge in [-0.2, -0.15) is 26.3 Å². The lowest BCUT2D eigenvalue weighted by Crippen LogP contribution is -2.15. The van der Waals surface area contributed by atoms with Crippen LogP contribution in [0.2, 0.25) is 5.02 Å². The third kappa shape index (κ3) is 2.97. The lowest BCUT2D eigenvalue weighted by molar-refractivity contribution is -0.145. The van der Waals surface area contributed by atoms with E-state index >= 15 is 0 Å². The van der Waals surface area contributed by atoms with E-state index in [0.717, 1.165) is 6.07 Å². The monoisotopic (exact) mass is 406 g/mol. The first-order chi connectivity index (χ1) is 12.6. The highest BCUT2D eigenvalue weighted by Gasteiger charge is 2.40. The number of rotatable bonds is 1. The summed E-state index contributed by atoms with van der Waals surface area (Å²) in [6.45, 7) is 0.561. The molecule has 11 heteroatoms. The Kier molecular flexibility index (Phi) is 3.81. The molecule has 142 valence electrons. The number of hydrogen-bond acceptors (Lipinski definition) is 3. The average Bonchev–Trinajstić information content (AvgIpc) is 3.17. The van der Waals surface area contributed by atoms with Crippen molar-refractivity contribution in [2.75, 3.05) is 11.9 Å². The van der Waals surface area contributed by atoms with Gasteiger partial charge in [0.15, 0.2) is 5.65 Å². The summed E-state index contributed by atoms with van der Waals surface area (Å²) in [6.07, 6.45) is -9.18. The summed E-state index contributed by atoms with van der Waals surface area (Å²) in [5.41, 5.74) is -0.936. The Morgan fingerprint density at radius 1 is 1.00 bits per heavy atom. The van der Waals surface area contributed by atoms with Gasteiger partial charge in [-0.15, -0.1) is 0 Å². The van der Waals surface area contributed by atoms with Crippen LogP contribution in [0.5, 0.6) is 0 Å². The number of fused-ring (bicyclic) bond motifs is 2. The van der Waals surface area contributed by atoms with Crippen molar-refractivity contribution in [3.63, 3.8) is 0 Å². The molecule has 1 aliphatic heterocycles. The largest absolute Gasteiger partial charge is 0.450 e. The Hall–Kier alpha value is -2.49. The molecule has 27 heavy (non-hydrogen) atoms. The number of alkyl halides is 6. The summed E-state index contributed by atoms with van der Waals surface area (Å²) in [4.78, 5) is 6.85. The van der Waals surface area contributed by atoms with E-state index in [1.807, 2.05) is 0 Å². The van der Waals surface area contributed by atoms with Crippen LogP contribution in [0.15, 0.2) is 24.3 Å². The molecule has 1 aromatic carbocycles. The van der Waals surface area contributed by atoms with Gasteiger partial charge in [-0.05, 0) is 36.2 Å². The predicted molar refractivity (Wildman–Crippen MR) is 86.1 cm³/mol. The van der Waals surface area contributed by atoms with Crippen molar-refractivity contribution in [1.82, 2.24) is 14.5 Å². The number of imidazole rings is 1. The molecule has 1 aliphatic rings. The van der Waals surface area contributed by atoms with Crippen molar-refractivity contribution in [2.24, 2.45) is 0 Å². The van der Waals surface area contributed by atoms with Gasteiger partial charge in [0.25, 0.3) is 0 Å². The quantitative estimate of drug-likeness (QED) is 0.573. The molecule has 0 amide bonds. The van der Waals surface area contributed by atoms with E-state index in [-0.39, 0.29) is 16.2 Å². The van der Waals surface area contributed by atoms with Crippen LogP contribution in [0.3, 0.4) is 0 Å². The van der Waals surface area contributed by atoms with Crippen LogP contribution < -0.4 is 5.32 Å². The summed E-state index contributed by atoms with van der Waals surface area (Å²) >= 11 is 6.14. The first-order valence-corrected chi connectivity index (χ1v) is 8.04. The van der Waals surface area contributed by atoms with Crippen molar-refractivity contribution >= 4 is 28.5 Å². The molecule has 0 unspecified atom stereocenters. The van der Waals surface area contributed by atoms with Gasteiger partial charge in [-0.1, -0.05) is 11.6 Å². The standard InChI is InChI=1S/C16H9ClF6N4/c17-9-6-8(5-7-3-4-24-12(7)9)27-13-10(25-14(27)16(21,22)23)1-2-11(26-13)15(18,19)20/h1-2,5-6,24H,3-4H2. The SMILES string of the molecule is FC(F)(F)c1ccc2nc(C(F)(F)F)n(-c3cc(Cl)c4c(c3)CCN4)c2n1. The van der Waals surface area contributed by atoms with Gasteiger partial charge in [0, 0.05) is 6.54 Å². The first-order valence-electron chi connectivity index (χ1n) is 7.66. The molecule has 4 nitrogen and oxygen atoms in total. The number of nitrogens with one attached hydrogen (secondary N) is 1. The zero-order chi connectivity index (χ0) is 19.6. The lowest BCUT2D eigenvalue weighted by atomic mass is 10.1. The zero-order valence-corrected chi connectivity index (χ0v) is 14.0. The Morgan fingerprint density at radius 3 is 2.41 bits per heavy atom. The molecule has 0 atom stereocenters. The molecule has 3 aromatic rings. The molecule has 0 saturated heterocycles. The van der Waals surface area contributed by atoms with Crippen LogP contribution in [0.25, 0.3) is 16.9 Å². The van der Waals surface area contributed by atoms with Gasteiger partial charge >= 0.3 is 12.4 Å². The Balaban J connectivity index is 2.04. The van der Waals surface area contributed by atoms with Crippen LogP contribution in [0.4, 0.5) is 32.0 Å². The van der Waals surface area contributed by atoms with E-state index in [1.165, 1.54) is 12.1 Å². The first kappa shape index (κ1) is 17.9. The van der Waals surface area contributed by atoms with Gasteiger partial charge in [0.2, 0.25) is 5.82 Å². The molecule has 0 radical (unpaired) electrons. The molecule has 2 aromatic heterocycles. The van der Waals surface area contributed by atoms with Crippen molar-refractivity contribution in [2.45, 2.75) is 18.8 Å². The molecule has 0 bridgehead atoms. The fraction of sp³-hybridized carbons (Fsp3) is 0.250. The van der Waals surface area contributed by atoms with Gasteiger partial charge in [-0.3, -0.25) is 4.57 Å². The number of pyridine rings is 1. The van der Waals surface area contributed by atoms with Crippen molar-refractivity contribution in [3.05, 3.63) is 46.4 Å². The summed E-state index contributed by atoms with van der Waals surface area (Å²) in [6, 6.07) is 4.16. The second kappa shape index (κ2) is 5.75. The number of anilines is 1. The Morgan fingerprint density at radius 2 is 1.74 bits per heavy atom. The summed E-state index contributed by atoms with van der Waals surface area (Å²) in [7, 11) is 0. The number of aromatic nitrogens is 3. The highest BCUT2D eigenvalue weighted by Crippen LogP contribution is 2.38. The van der Waals surface area contributed by atoms with E-state index in [1.54, 1.807) is 0 Å². The van der Waals surface area contributed by atoms with Crippen molar-refractivity contribution in [3.8, 4) is 5.69 Å². The molecule has 1 N–H and O–H groups in total. The fourth-order valence-corrected chi connectivity index (χ4v) is 3.34. The number of benzene rings is 1. The van der Waals surface area contributed by atoms with E-state index in [4.69, 9.17) is 11.6 Å². The molecule has 0 aliphatic carbocycles. The molecule has 3 heterocycles. The minimum absolute atomic E-state index is 0.0518. The number of nitrogens with zero attached hydrogens (tertiary/aromatic N) is 3. The summed E-state index contributed by atoms with van der Waals surface area (Å²) in [5, 5.41) is 3.18. The highest BCUT2D eigenvalue weighted by atomic mass is 35.5. The number of halogens is 7. The predicted octanol–water partition coefficient (Wildman–Crippen LogP) is 5.08. The van der Waals surface area contributed by atoms with Crippen molar-refractivity contribution in [1.29, 1.82) is 0 Å². The average molecular weight is 407 g/mol. The summed E-state index contributed by atoms with van der Waals surface area (Å²) in [5.74, 6) is -1.37. The maximum atomic E-state index is 13.5. The highest BCUT2D eigenvalue weighted by molar-refractivity contribution is 6.33. The van der Waals surface area contributed by atoms with Crippen LogP contribution in [0, 0.1) is 0 Å². The maximum absolute atomic E-state index is 13.5. The molecular weight excluding hydrogens is 398 g/mol. The second-order valence-electron chi connectivity index (χ2n) is 5.94. The van der Waals surface area contributed by atoms with Gasteiger partial charge in [-0.25, -0.2) is 9.97 Å². The van der Waals surface area contributed by atoms with Crippen LogP contribution >= 0.6 is 11.6 Å². The molecule has 4 rings (SSSR count). The Labute approximate surface area is 152 Å². The molecular formula is C16H9ClF6N4. The van der Waals surface area contributed by atoms with Gasteiger partial charge < -0.3 is 5.32 Å². The zero-order valence-electron chi connectivity index (χ0n) is 13.2. The number of hydrogen-bond donors (Lipinski definition) is 1. The van der Waals surface area contributed by atoms with Crippen LogP contribution in [0.1, 0.15) is 17.1 Å². The third-order valence-electron chi connectivity index (χ3n) is 4.16. The van der Waals surface area contributed by atoms with E-state index in [9.17, 15) is 26.3 Å². The second-order valence-corrected chi connectivity index (χ2v) is 6.35. The third-order valence-corrected chi connectivity index (χ3v) is 4.46. The summed E-state index contributed by atoms with van der Waals surface area (Å²) < 4.78 is 80.0. The molecule has 0 saturated carbocycles. The Bertz CT molecular complexity index is 1050.